The average molecular weight is 255 g/mol. The lowest BCUT2D eigenvalue weighted by atomic mass is 10.1. The summed E-state index contributed by atoms with van der Waals surface area (Å²) < 4.78 is 0. The monoisotopic (exact) mass is 255 g/mol. The minimum atomic E-state index is -0.435. The van der Waals surface area contributed by atoms with Gasteiger partial charge in [0.25, 0.3) is 0 Å². The predicted octanol–water partition coefficient (Wildman–Crippen LogP) is 2.21. The molecule has 0 aliphatic heterocycles. The average Bonchev–Trinajstić information content (AvgIpc) is 2.41. The molecule has 0 atom stereocenters. The number of allylic oxidation sites excluding steroid dienone is 4. The van der Waals surface area contributed by atoms with Gasteiger partial charge in [0.1, 0.15) is 5.71 Å². The van der Waals surface area contributed by atoms with Crippen molar-refractivity contribution in [2.24, 2.45) is 5.16 Å². The zero-order valence-corrected chi connectivity index (χ0v) is 10.5. The smallest absolute Gasteiger partial charge is 0.317 e. The Hall–Kier alpha value is -2.49. The molecule has 1 aliphatic carbocycles. The predicted molar refractivity (Wildman–Crippen MR) is 71.6 cm³/mol. The van der Waals surface area contributed by atoms with Gasteiger partial charge in [0, 0.05) is 0 Å². The van der Waals surface area contributed by atoms with Gasteiger partial charge in [-0.15, -0.1) is 0 Å². The van der Waals surface area contributed by atoms with E-state index in [0.717, 1.165) is 5.56 Å². The number of hydrogen-bond acceptors (Lipinski definition) is 4. The number of hydrogen-bond donors (Lipinski definition) is 0. The zero-order valence-electron chi connectivity index (χ0n) is 10.5. The van der Waals surface area contributed by atoms with Crippen LogP contribution in [0.2, 0.25) is 0 Å². The van der Waals surface area contributed by atoms with E-state index in [2.05, 4.69) is 5.16 Å². The second kappa shape index (κ2) is 5.91. The van der Waals surface area contributed by atoms with Crippen molar-refractivity contribution in [3.8, 4) is 0 Å². The summed E-state index contributed by atoms with van der Waals surface area (Å²) in [6.45, 7) is 1.69. The lowest BCUT2D eigenvalue weighted by molar-refractivity contribution is -0.142. The van der Waals surface area contributed by atoms with Gasteiger partial charge in [-0.25, -0.2) is 4.79 Å². The SMILES string of the molecule is CC1=CC(=NOC(=O)Cc2ccccc2)C=CC1=O. The van der Waals surface area contributed by atoms with Gasteiger partial charge in [-0.2, -0.15) is 0 Å². The van der Waals surface area contributed by atoms with Crippen molar-refractivity contribution in [2.75, 3.05) is 0 Å². The van der Waals surface area contributed by atoms with Gasteiger partial charge in [-0.05, 0) is 36.3 Å². The fourth-order valence-electron chi connectivity index (χ4n) is 1.59. The minimum absolute atomic E-state index is 0.0606. The Morgan fingerprint density at radius 1 is 1.21 bits per heavy atom. The van der Waals surface area contributed by atoms with Gasteiger partial charge in [0.15, 0.2) is 5.78 Å². The highest BCUT2D eigenvalue weighted by Gasteiger charge is 2.09. The molecule has 0 saturated carbocycles. The van der Waals surface area contributed by atoms with Crippen molar-refractivity contribution in [3.63, 3.8) is 0 Å². The Morgan fingerprint density at radius 2 is 1.95 bits per heavy atom. The van der Waals surface area contributed by atoms with Crippen LogP contribution in [0.25, 0.3) is 0 Å². The number of carbonyl (C=O) groups excluding carboxylic acids is 2. The Kier molecular flexibility index (Phi) is 4.03. The molecular weight excluding hydrogens is 242 g/mol. The van der Waals surface area contributed by atoms with Crippen molar-refractivity contribution in [3.05, 3.63) is 59.7 Å². The summed E-state index contributed by atoms with van der Waals surface area (Å²) in [6, 6.07) is 9.29. The molecule has 1 aliphatic rings. The Bertz CT molecular complexity index is 583. The largest absolute Gasteiger partial charge is 0.339 e. The van der Waals surface area contributed by atoms with Gasteiger partial charge in [-0.3, -0.25) is 4.79 Å². The highest BCUT2D eigenvalue weighted by Crippen LogP contribution is 2.06. The summed E-state index contributed by atoms with van der Waals surface area (Å²) in [4.78, 5) is 27.6. The van der Waals surface area contributed by atoms with E-state index in [1.807, 2.05) is 30.3 Å². The number of benzene rings is 1. The van der Waals surface area contributed by atoms with Gasteiger partial charge < -0.3 is 4.84 Å². The first-order valence-corrected chi connectivity index (χ1v) is 5.87. The maximum absolute atomic E-state index is 11.6. The van der Waals surface area contributed by atoms with Crippen molar-refractivity contribution < 1.29 is 14.4 Å². The molecule has 0 amide bonds. The second-order valence-electron chi connectivity index (χ2n) is 4.17. The van der Waals surface area contributed by atoms with Crippen LogP contribution in [0.1, 0.15) is 12.5 Å². The maximum atomic E-state index is 11.6. The zero-order chi connectivity index (χ0) is 13.7. The van der Waals surface area contributed by atoms with Crippen molar-refractivity contribution in [1.29, 1.82) is 0 Å². The van der Waals surface area contributed by atoms with Crippen LogP contribution in [-0.4, -0.2) is 17.5 Å². The number of nitrogens with zero attached hydrogens (tertiary/aromatic N) is 1. The third-order valence-electron chi connectivity index (χ3n) is 2.60. The number of oxime groups is 1. The first kappa shape index (κ1) is 13.0. The van der Waals surface area contributed by atoms with Crippen molar-refractivity contribution in [1.82, 2.24) is 0 Å². The molecule has 0 N–H and O–H groups in total. The van der Waals surface area contributed by atoms with Gasteiger partial charge in [0.05, 0.1) is 6.42 Å². The summed E-state index contributed by atoms with van der Waals surface area (Å²) in [7, 11) is 0. The summed E-state index contributed by atoms with van der Waals surface area (Å²) in [5, 5.41) is 3.72. The third kappa shape index (κ3) is 3.74. The number of ketones is 1. The highest BCUT2D eigenvalue weighted by atomic mass is 16.7. The third-order valence-corrected chi connectivity index (χ3v) is 2.60. The van der Waals surface area contributed by atoms with E-state index in [0.29, 0.717) is 11.3 Å². The fraction of sp³-hybridized carbons (Fsp3) is 0.133. The van der Waals surface area contributed by atoms with E-state index in [1.54, 1.807) is 13.0 Å². The summed E-state index contributed by atoms with van der Waals surface area (Å²) in [5.41, 5.74) is 1.90. The molecule has 0 unspecified atom stereocenters. The molecule has 1 aromatic carbocycles. The Labute approximate surface area is 111 Å². The summed E-state index contributed by atoms with van der Waals surface area (Å²) in [6.07, 6.45) is 4.67. The van der Waals surface area contributed by atoms with Crippen LogP contribution >= 0.6 is 0 Å². The van der Waals surface area contributed by atoms with E-state index in [4.69, 9.17) is 4.84 Å². The fourth-order valence-corrected chi connectivity index (χ4v) is 1.59. The molecule has 0 heterocycles. The molecule has 4 nitrogen and oxygen atoms in total. The molecule has 0 saturated heterocycles. The lowest BCUT2D eigenvalue weighted by Crippen LogP contribution is -2.08. The minimum Gasteiger partial charge on any atom is -0.317 e. The van der Waals surface area contributed by atoms with E-state index < -0.39 is 5.97 Å². The van der Waals surface area contributed by atoms with Crippen LogP contribution in [0.4, 0.5) is 0 Å². The number of carbonyl (C=O) groups is 2. The standard InChI is InChI=1S/C15H13NO3/c1-11-9-13(7-8-14(11)17)16-19-15(18)10-12-5-3-2-4-6-12/h2-9H,10H2,1H3. The summed E-state index contributed by atoms with van der Waals surface area (Å²) in [5.74, 6) is -0.496. The van der Waals surface area contributed by atoms with Crippen molar-refractivity contribution >= 4 is 17.5 Å². The molecule has 2 rings (SSSR count). The molecule has 0 radical (unpaired) electrons. The van der Waals surface area contributed by atoms with Crippen LogP contribution in [-0.2, 0) is 20.8 Å². The number of rotatable bonds is 3. The molecule has 1 aromatic rings. The topological polar surface area (TPSA) is 55.7 Å². The molecule has 19 heavy (non-hydrogen) atoms. The molecule has 0 bridgehead atoms. The van der Waals surface area contributed by atoms with E-state index in [9.17, 15) is 9.59 Å². The van der Waals surface area contributed by atoms with E-state index in [1.165, 1.54) is 12.2 Å². The lowest BCUT2D eigenvalue weighted by Gasteiger charge is -2.03. The Morgan fingerprint density at radius 3 is 2.63 bits per heavy atom. The summed E-state index contributed by atoms with van der Waals surface area (Å²) >= 11 is 0. The maximum Gasteiger partial charge on any atom is 0.339 e. The van der Waals surface area contributed by atoms with Gasteiger partial charge in [0.2, 0.25) is 0 Å². The molecule has 0 spiro atoms. The molecule has 0 aromatic heterocycles. The van der Waals surface area contributed by atoms with E-state index in [-0.39, 0.29) is 12.2 Å². The second-order valence-corrected chi connectivity index (χ2v) is 4.17. The first-order valence-electron chi connectivity index (χ1n) is 5.87. The van der Waals surface area contributed by atoms with Gasteiger partial charge in [-0.1, -0.05) is 35.5 Å². The quantitative estimate of drug-likeness (QED) is 0.472. The normalized spacial score (nSPS) is 16.4. The van der Waals surface area contributed by atoms with Gasteiger partial charge >= 0.3 is 5.97 Å². The molecular formula is C15H13NO3. The van der Waals surface area contributed by atoms with Crippen LogP contribution in [0.3, 0.4) is 0 Å². The molecule has 0 fully saturated rings. The van der Waals surface area contributed by atoms with Crippen LogP contribution in [0, 0.1) is 0 Å². The van der Waals surface area contributed by atoms with Crippen LogP contribution in [0.5, 0.6) is 0 Å². The first-order chi connectivity index (χ1) is 9.15. The van der Waals surface area contributed by atoms with Crippen LogP contribution < -0.4 is 0 Å². The Balaban J connectivity index is 1.94. The van der Waals surface area contributed by atoms with Crippen LogP contribution in [0.15, 0.2) is 59.3 Å². The molecule has 4 heteroatoms. The highest BCUT2D eigenvalue weighted by molar-refractivity contribution is 6.18. The van der Waals surface area contributed by atoms with E-state index >= 15 is 0 Å². The molecule has 96 valence electrons. The van der Waals surface area contributed by atoms with Crippen molar-refractivity contribution in [2.45, 2.75) is 13.3 Å².